The number of ether oxygens (including phenoxy) is 2. The average molecular weight is 335 g/mol. The largest absolute Gasteiger partial charge is 0.493 e. The van der Waals surface area contributed by atoms with E-state index in [0.29, 0.717) is 31.0 Å². The highest BCUT2D eigenvalue weighted by molar-refractivity contribution is 5.87. The zero-order valence-corrected chi connectivity index (χ0v) is 14.4. The first-order valence-corrected chi connectivity index (χ1v) is 8.06. The van der Waals surface area contributed by atoms with Gasteiger partial charge >= 0.3 is 6.03 Å². The molecule has 0 bridgehead atoms. The minimum Gasteiger partial charge on any atom is -0.493 e. The molecule has 1 aliphatic rings. The fourth-order valence-electron chi connectivity index (χ4n) is 2.74. The van der Waals surface area contributed by atoms with E-state index in [1.807, 2.05) is 12.1 Å². The van der Waals surface area contributed by atoms with Crippen molar-refractivity contribution in [2.45, 2.75) is 31.8 Å². The molecule has 1 aliphatic heterocycles. The zero-order valence-electron chi connectivity index (χ0n) is 14.4. The van der Waals surface area contributed by atoms with Crippen molar-refractivity contribution in [1.29, 1.82) is 0 Å². The number of hydrogen-bond donors (Lipinski definition) is 2. The highest BCUT2D eigenvalue weighted by atomic mass is 16.5. The molecule has 1 fully saturated rings. The highest BCUT2D eigenvalue weighted by Crippen LogP contribution is 2.31. The van der Waals surface area contributed by atoms with Crippen molar-refractivity contribution >= 4 is 11.9 Å². The van der Waals surface area contributed by atoms with Crippen molar-refractivity contribution in [3.05, 3.63) is 23.8 Å². The SMILES string of the molecule is COc1cccc(CN(C)C(=O)N[C@H]2CCCCNC2=O)c1OC. The van der Waals surface area contributed by atoms with Crippen LogP contribution in [0.2, 0.25) is 0 Å². The molecule has 7 nitrogen and oxygen atoms in total. The smallest absolute Gasteiger partial charge is 0.318 e. The van der Waals surface area contributed by atoms with E-state index < -0.39 is 6.04 Å². The maximum Gasteiger partial charge on any atom is 0.318 e. The van der Waals surface area contributed by atoms with Crippen LogP contribution in [0.3, 0.4) is 0 Å². The van der Waals surface area contributed by atoms with Crippen LogP contribution >= 0.6 is 0 Å². The highest BCUT2D eigenvalue weighted by Gasteiger charge is 2.24. The van der Waals surface area contributed by atoms with Gasteiger partial charge in [-0.2, -0.15) is 0 Å². The number of nitrogens with zero attached hydrogens (tertiary/aromatic N) is 1. The molecule has 0 aromatic heterocycles. The molecule has 1 heterocycles. The summed E-state index contributed by atoms with van der Waals surface area (Å²) < 4.78 is 10.7. The number of methoxy groups -OCH3 is 2. The second kappa shape index (κ2) is 8.42. The molecule has 0 aliphatic carbocycles. The van der Waals surface area contributed by atoms with Gasteiger partial charge in [0.15, 0.2) is 11.5 Å². The van der Waals surface area contributed by atoms with Gasteiger partial charge in [0.25, 0.3) is 0 Å². The Kier molecular flexibility index (Phi) is 6.28. The Morgan fingerprint density at radius 3 is 2.83 bits per heavy atom. The van der Waals surface area contributed by atoms with E-state index in [0.717, 1.165) is 18.4 Å². The van der Waals surface area contributed by atoms with E-state index in [1.54, 1.807) is 27.3 Å². The number of amides is 3. The molecule has 1 saturated heterocycles. The predicted octanol–water partition coefficient (Wildman–Crippen LogP) is 1.51. The lowest BCUT2D eigenvalue weighted by Gasteiger charge is -2.23. The summed E-state index contributed by atoms with van der Waals surface area (Å²) in [5, 5.41) is 5.61. The molecule has 3 amide bonds. The third kappa shape index (κ3) is 4.31. The molecule has 2 N–H and O–H groups in total. The van der Waals surface area contributed by atoms with Crippen molar-refractivity contribution in [2.75, 3.05) is 27.8 Å². The fourth-order valence-corrected chi connectivity index (χ4v) is 2.74. The van der Waals surface area contributed by atoms with Crippen molar-refractivity contribution in [3.8, 4) is 11.5 Å². The molecular weight excluding hydrogens is 310 g/mol. The summed E-state index contributed by atoms with van der Waals surface area (Å²) >= 11 is 0. The fraction of sp³-hybridized carbons (Fsp3) is 0.529. The zero-order chi connectivity index (χ0) is 17.5. The first-order valence-electron chi connectivity index (χ1n) is 8.06. The van der Waals surface area contributed by atoms with Crippen LogP contribution < -0.4 is 20.1 Å². The Morgan fingerprint density at radius 2 is 2.12 bits per heavy atom. The van der Waals surface area contributed by atoms with Crippen LogP contribution in [0.4, 0.5) is 4.79 Å². The van der Waals surface area contributed by atoms with Gasteiger partial charge in [-0.3, -0.25) is 4.79 Å². The number of urea groups is 1. The van der Waals surface area contributed by atoms with Crippen molar-refractivity contribution < 1.29 is 19.1 Å². The van der Waals surface area contributed by atoms with Gasteiger partial charge in [-0.15, -0.1) is 0 Å². The van der Waals surface area contributed by atoms with Crippen LogP contribution in [-0.4, -0.2) is 50.7 Å². The van der Waals surface area contributed by atoms with Gasteiger partial charge in [0.05, 0.1) is 20.8 Å². The standard InChI is InChI=1S/C17H25N3O4/c1-20(11-12-7-6-9-14(23-2)15(12)24-3)17(22)19-13-8-4-5-10-18-16(13)21/h6-7,9,13H,4-5,8,10-11H2,1-3H3,(H,18,21)(H,19,22)/t13-/m0/s1. The number of benzene rings is 1. The lowest BCUT2D eigenvalue weighted by molar-refractivity contribution is -0.122. The van der Waals surface area contributed by atoms with E-state index in [1.165, 1.54) is 4.90 Å². The summed E-state index contributed by atoms with van der Waals surface area (Å²) in [6.07, 6.45) is 2.51. The van der Waals surface area contributed by atoms with Crippen molar-refractivity contribution in [2.24, 2.45) is 0 Å². The Bertz CT molecular complexity index is 591. The minimum absolute atomic E-state index is 0.117. The van der Waals surface area contributed by atoms with Crippen LogP contribution in [0.25, 0.3) is 0 Å². The number of rotatable bonds is 5. The summed E-state index contributed by atoms with van der Waals surface area (Å²) in [5.41, 5.74) is 0.833. The van der Waals surface area contributed by atoms with Crippen molar-refractivity contribution in [3.63, 3.8) is 0 Å². The topological polar surface area (TPSA) is 79.9 Å². The Balaban J connectivity index is 2.02. The second-order valence-electron chi connectivity index (χ2n) is 5.80. The van der Waals surface area contributed by atoms with Gasteiger partial charge < -0.3 is 25.0 Å². The summed E-state index contributed by atoms with van der Waals surface area (Å²) in [6, 6.07) is 4.76. The van der Waals surface area contributed by atoms with Crippen LogP contribution in [0.5, 0.6) is 11.5 Å². The van der Waals surface area contributed by atoms with E-state index >= 15 is 0 Å². The first-order chi connectivity index (χ1) is 11.6. The van der Waals surface area contributed by atoms with Gasteiger partial charge in [-0.05, 0) is 25.3 Å². The van der Waals surface area contributed by atoms with Crippen LogP contribution in [0, 0.1) is 0 Å². The molecule has 132 valence electrons. The lowest BCUT2D eigenvalue weighted by atomic mass is 10.1. The maximum absolute atomic E-state index is 12.4. The molecule has 2 rings (SSSR count). The summed E-state index contributed by atoms with van der Waals surface area (Å²) in [6.45, 7) is 1.02. The predicted molar refractivity (Wildman–Crippen MR) is 90.2 cm³/mol. The minimum atomic E-state index is -0.477. The van der Waals surface area contributed by atoms with Crippen LogP contribution in [0.1, 0.15) is 24.8 Å². The monoisotopic (exact) mass is 335 g/mol. The molecule has 24 heavy (non-hydrogen) atoms. The van der Waals surface area contributed by atoms with Crippen molar-refractivity contribution in [1.82, 2.24) is 15.5 Å². The van der Waals surface area contributed by atoms with Gasteiger partial charge in [0.2, 0.25) is 5.91 Å². The van der Waals surface area contributed by atoms with E-state index in [2.05, 4.69) is 10.6 Å². The number of nitrogens with one attached hydrogen (secondary N) is 2. The summed E-state index contributed by atoms with van der Waals surface area (Å²) in [7, 11) is 4.82. The van der Waals surface area contributed by atoms with Crippen LogP contribution in [-0.2, 0) is 11.3 Å². The third-order valence-electron chi connectivity index (χ3n) is 4.07. The van der Waals surface area contributed by atoms with Crippen LogP contribution in [0.15, 0.2) is 18.2 Å². The molecule has 0 unspecified atom stereocenters. The molecule has 0 saturated carbocycles. The lowest BCUT2D eigenvalue weighted by Crippen LogP contribution is -2.49. The number of hydrogen-bond acceptors (Lipinski definition) is 4. The summed E-state index contributed by atoms with van der Waals surface area (Å²) in [4.78, 5) is 25.8. The van der Waals surface area contributed by atoms with Gasteiger partial charge in [-0.25, -0.2) is 4.79 Å². The molecule has 1 atom stereocenters. The quantitative estimate of drug-likeness (QED) is 0.855. The second-order valence-corrected chi connectivity index (χ2v) is 5.80. The Hall–Kier alpha value is -2.44. The van der Waals surface area contributed by atoms with E-state index in [4.69, 9.17) is 9.47 Å². The molecular formula is C17H25N3O4. The van der Waals surface area contributed by atoms with Gasteiger partial charge in [0, 0.05) is 19.2 Å². The molecule has 1 aromatic carbocycles. The normalized spacial score (nSPS) is 17.5. The molecule has 0 spiro atoms. The van der Waals surface area contributed by atoms with Gasteiger partial charge in [0.1, 0.15) is 6.04 Å². The molecule has 0 radical (unpaired) electrons. The Labute approximate surface area is 142 Å². The average Bonchev–Trinajstić information content (AvgIpc) is 2.79. The third-order valence-corrected chi connectivity index (χ3v) is 4.07. The summed E-state index contributed by atoms with van der Waals surface area (Å²) in [5.74, 6) is 1.10. The molecule has 1 aromatic rings. The number of carbonyl (C=O) groups excluding carboxylic acids is 2. The Morgan fingerprint density at radius 1 is 1.33 bits per heavy atom. The van der Waals surface area contributed by atoms with Gasteiger partial charge in [-0.1, -0.05) is 12.1 Å². The maximum atomic E-state index is 12.4. The van der Waals surface area contributed by atoms with E-state index in [9.17, 15) is 9.59 Å². The molecule has 7 heteroatoms. The number of para-hydroxylation sites is 1. The van der Waals surface area contributed by atoms with E-state index in [-0.39, 0.29) is 11.9 Å². The number of carbonyl (C=O) groups is 2. The first kappa shape index (κ1) is 17.9.